The molecule has 0 heterocycles. The van der Waals surface area contributed by atoms with E-state index in [1.54, 1.807) is 0 Å². The molecule has 0 aliphatic heterocycles. The standard InChI is InChI=1S/C21H22/c1-2-7-17-12-14-19(15-13-17)21-11-6-10-20(16-21)18-8-4-3-5-9-18/h3-4,6,8,10-16H,2,5,7,9H2,1H3. The Balaban J connectivity index is 1.88. The highest BCUT2D eigenvalue weighted by Gasteiger charge is 2.05. The summed E-state index contributed by atoms with van der Waals surface area (Å²) in [4.78, 5) is 0. The van der Waals surface area contributed by atoms with Crippen LogP contribution in [0.25, 0.3) is 16.7 Å². The van der Waals surface area contributed by atoms with Gasteiger partial charge in [-0.2, -0.15) is 0 Å². The van der Waals surface area contributed by atoms with Crippen LogP contribution in [0.5, 0.6) is 0 Å². The zero-order chi connectivity index (χ0) is 14.5. The first-order valence-corrected chi connectivity index (χ1v) is 7.92. The van der Waals surface area contributed by atoms with E-state index < -0.39 is 0 Å². The molecule has 0 fully saturated rings. The topological polar surface area (TPSA) is 0 Å². The molecule has 0 heteroatoms. The third-order valence-electron chi connectivity index (χ3n) is 4.07. The molecule has 0 bridgehead atoms. The van der Waals surface area contributed by atoms with E-state index in [-0.39, 0.29) is 0 Å². The molecule has 2 aromatic rings. The van der Waals surface area contributed by atoms with Crippen molar-refractivity contribution < 1.29 is 0 Å². The molecule has 1 aliphatic carbocycles. The smallest absolute Gasteiger partial charge is 0.0178 e. The van der Waals surface area contributed by atoms with Gasteiger partial charge in [0, 0.05) is 0 Å². The second-order valence-electron chi connectivity index (χ2n) is 5.69. The fourth-order valence-corrected chi connectivity index (χ4v) is 2.89. The van der Waals surface area contributed by atoms with Crippen molar-refractivity contribution in [3.05, 3.63) is 77.9 Å². The van der Waals surface area contributed by atoms with Crippen molar-refractivity contribution in [3.63, 3.8) is 0 Å². The third kappa shape index (κ3) is 3.33. The van der Waals surface area contributed by atoms with Gasteiger partial charge in [0.05, 0.1) is 0 Å². The Bertz CT molecular complexity index is 657. The lowest BCUT2D eigenvalue weighted by molar-refractivity contribution is 0.922. The molecule has 0 saturated heterocycles. The first kappa shape index (κ1) is 13.9. The summed E-state index contributed by atoms with van der Waals surface area (Å²) in [5, 5.41) is 0. The minimum atomic E-state index is 1.15. The van der Waals surface area contributed by atoms with Crippen LogP contribution in [0, 0.1) is 0 Å². The Kier molecular flexibility index (Phi) is 4.35. The fraction of sp³-hybridized carbons (Fsp3) is 0.238. The summed E-state index contributed by atoms with van der Waals surface area (Å²) in [6.45, 7) is 2.23. The average molecular weight is 274 g/mol. The Morgan fingerprint density at radius 3 is 2.43 bits per heavy atom. The maximum absolute atomic E-state index is 2.32. The lowest BCUT2D eigenvalue weighted by Gasteiger charge is -2.11. The quantitative estimate of drug-likeness (QED) is 0.637. The van der Waals surface area contributed by atoms with Gasteiger partial charge >= 0.3 is 0 Å². The Morgan fingerprint density at radius 2 is 1.71 bits per heavy atom. The van der Waals surface area contributed by atoms with Crippen molar-refractivity contribution in [2.75, 3.05) is 0 Å². The lowest BCUT2D eigenvalue weighted by atomic mass is 9.94. The minimum absolute atomic E-state index is 1.15. The molecule has 106 valence electrons. The van der Waals surface area contributed by atoms with Gasteiger partial charge in [-0.25, -0.2) is 0 Å². The first-order chi connectivity index (χ1) is 10.4. The molecule has 0 nitrogen and oxygen atoms in total. The molecule has 0 aromatic heterocycles. The van der Waals surface area contributed by atoms with Crippen LogP contribution in [0.15, 0.2) is 66.8 Å². The first-order valence-electron chi connectivity index (χ1n) is 7.92. The van der Waals surface area contributed by atoms with Crippen molar-refractivity contribution in [2.24, 2.45) is 0 Å². The van der Waals surface area contributed by atoms with Crippen LogP contribution in [0.2, 0.25) is 0 Å². The number of benzene rings is 2. The largest absolute Gasteiger partial charge is 0.0842 e. The van der Waals surface area contributed by atoms with Gasteiger partial charge in [-0.05, 0) is 53.2 Å². The summed E-state index contributed by atoms with van der Waals surface area (Å²) in [6.07, 6.45) is 11.3. The summed E-state index contributed by atoms with van der Waals surface area (Å²) in [5.41, 5.74) is 6.85. The zero-order valence-electron chi connectivity index (χ0n) is 12.7. The number of aryl methyl sites for hydroxylation is 1. The second kappa shape index (κ2) is 6.58. The highest BCUT2D eigenvalue weighted by Crippen LogP contribution is 2.28. The predicted molar refractivity (Wildman–Crippen MR) is 92.2 cm³/mol. The number of rotatable bonds is 4. The van der Waals surface area contributed by atoms with Gasteiger partial charge in [-0.3, -0.25) is 0 Å². The molecule has 2 aromatic carbocycles. The Labute approximate surface area is 127 Å². The molecular formula is C21H22. The van der Waals surface area contributed by atoms with Crippen molar-refractivity contribution >= 4 is 5.57 Å². The van der Waals surface area contributed by atoms with Crippen molar-refractivity contribution in [2.45, 2.75) is 32.6 Å². The van der Waals surface area contributed by atoms with E-state index in [0.29, 0.717) is 0 Å². The number of hydrogen-bond donors (Lipinski definition) is 0. The van der Waals surface area contributed by atoms with Gasteiger partial charge in [-0.1, -0.05) is 74.0 Å². The van der Waals surface area contributed by atoms with Crippen LogP contribution in [-0.4, -0.2) is 0 Å². The van der Waals surface area contributed by atoms with Gasteiger partial charge < -0.3 is 0 Å². The maximum atomic E-state index is 2.32. The summed E-state index contributed by atoms with van der Waals surface area (Å²) in [6, 6.07) is 17.9. The predicted octanol–water partition coefficient (Wildman–Crippen LogP) is 6.04. The molecular weight excluding hydrogens is 252 g/mol. The molecule has 21 heavy (non-hydrogen) atoms. The molecule has 0 saturated carbocycles. The van der Waals surface area contributed by atoms with Crippen molar-refractivity contribution in [1.29, 1.82) is 0 Å². The van der Waals surface area contributed by atoms with Crippen LogP contribution >= 0.6 is 0 Å². The summed E-state index contributed by atoms with van der Waals surface area (Å²) in [5.74, 6) is 0. The van der Waals surface area contributed by atoms with E-state index in [1.165, 1.54) is 40.7 Å². The van der Waals surface area contributed by atoms with Crippen LogP contribution < -0.4 is 0 Å². The fourth-order valence-electron chi connectivity index (χ4n) is 2.89. The minimum Gasteiger partial charge on any atom is -0.0842 e. The highest BCUT2D eigenvalue weighted by molar-refractivity contribution is 5.74. The average Bonchev–Trinajstić information content (AvgIpc) is 2.57. The van der Waals surface area contributed by atoms with Crippen LogP contribution in [0.3, 0.4) is 0 Å². The highest BCUT2D eigenvalue weighted by atomic mass is 14.1. The van der Waals surface area contributed by atoms with E-state index in [0.717, 1.165) is 12.8 Å². The molecule has 1 aliphatic rings. The third-order valence-corrected chi connectivity index (χ3v) is 4.07. The van der Waals surface area contributed by atoms with E-state index in [1.807, 2.05) is 0 Å². The van der Waals surface area contributed by atoms with E-state index >= 15 is 0 Å². The van der Waals surface area contributed by atoms with Crippen LogP contribution in [-0.2, 0) is 6.42 Å². The van der Waals surface area contributed by atoms with Crippen molar-refractivity contribution in [3.8, 4) is 11.1 Å². The molecule has 0 amide bonds. The van der Waals surface area contributed by atoms with Crippen molar-refractivity contribution in [1.82, 2.24) is 0 Å². The summed E-state index contributed by atoms with van der Waals surface area (Å²) >= 11 is 0. The molecule has 0 unspecified atom stereocenters. The van der Waals surface area contributed by atoms with E-state index in [4.69, 9.17) is 0 Å². The molecule has 0 spiro atoms. The van der Waals surface area contributed by atoms with Gasteiger partial charge in [0.1, 0.15) is 0 Å². The molecule has 0 N–H and O–H groups in total. The van der Waals surface area contributed by atoms with Gasteiger partial charge in [0.25, 0.3) is 0 Å². The summed E-state index contributed by atoms with van der Waals surface area (Å²) in [7, 11) is 0. The molecule has 0 atom stereocenters. The Morgan fingerprint density at radius 1 is 0.905 bits per heavy atom. The maximum Gasteiger partial charge on any atom is -0.0178 e. The number of hydrogen-bond acceptors (Lipinski definition) is 0. The van der Waals surface area contributed by atoms with Crippen LogP contribution in [0.1, 0.15) is 37.3 Å². The lowest BCUT2D eigenvalue weighted by Crippen LogP contribution is -1.89. The van der Waals surface area contributed by atoms with Crippen LogP contribution in [0.4, 0.5) is 0 Å². The summed E-state index contributed by atoms with van der Waals surface area (Å²) < 4.78 is 0. The second-order valence-corrected chi connectivity index (χ2v) is 5.69. The van der Waals surface area contributed by atoms with E-state index in [2.05, 4.69) is 73.7 Å². The zero-order valence-corrected chi connectivity index (χ0v) is 12.7. The van der Waals surface area contributed by atoms with E-state index in [9.17, 15) is 0 Å². The monoisotopic (exact) mass is 274 g/mol. The number of allylic oxidation sites excluding steroid dienone is 4. The normalized spacial score (nSPS) is 14.0. The Hall–Kier alpha value is -2.08. The van der Waals surface area contributed by atoms with Gasteiger partial charge in [0.2, 0.25) is 0 Å². The van der Waals surface area contributed by atoms with Gasteiger partial charge in [-0.15, -0.1) is 0 Å². The SMILES string of the molecule is CCCc1ccc(-c2cccc(C3=CC=CCC3)c2)cc1. The van der Waals surface area contributed by atoms with Gasteiger partial charge in [0.15, 0.2) is 0 Å². The molecule has 3 rings (SSSR count). The molecule has 0 radical (unpaired) electrons.